The van der Waals surface area contributed by atoms with E-state index in [1.165, 1.54) is 5.56 Å². The van der Waals surface area contributed by atoms with Crippen molar-refractivity contribution in [3.05, 3.63) is 64.9 Å². The quantitative estimate of drug-likeness (QED) is 0.672. The van der Waals surface area contributed by atoms with Crippen LogP contribution in [0.25, 0.3) is 11.0 Å². The van der Waals surface area contributed by atoms with Gasteiger partial charge < -0.3 is 15.1 Å². The molecule has 0 fully saturated rings. The molecular weight excluding hydrogens is 352 g/mol. The van der Waals surface area contributed by atoms with Gasteiger partial charge in [0.1, 0.15) is 5.58 Å². The maximum Gasteiger partial charge on any atom is 0.228 e. The molecule has 0 aliphatic carbocycles. The van der Waals surface area contributed by atoms with Crippen LogP contribution in [0, 0.1) is 13.8 Å². The van der Waals surface area contributed by atoms with Crippen LogP contribution in [0.5, 0.6) is 0 Å². The lowest BCUT2D eigenvalue weighted by Crippen LogP contribution is -2.31. The lowest BCUT2D eigenvalue weighted by molar-refractivity contribution is -0.121. The largest absolute Gasteiger partial charge is 0.464 e. The molecule has 0 bridgehead atoms. The highest BCUT2D eigenvalue weighted by Gasteiger charge is 2.13. The van der Waals surface area contributed by atoms with Gasteiger partial charge in [-0.05, 0) is 56.5 Å². The van der Waals surface area contributed by atoms with Crippen LogP contribution >= 0.6 is 0 Å². The first-order valence-corrected chi connectivity index (χ1v) is 9.48. The van der Waals surface area contributed by atoms with Crippen molar-refractivity contribution in [1.82, 2.24) is 5.32 Å². The Hall–Kier alpha value is -3.08. The smallest absolute Gasteiger partial charge is 0.228 e. The monoisotopic (exact) mass is 378 g/mol. The summed E-state index contributed by atoms with van der Waals surface area (Å²) in [7, 11) is 0. The summed E-state index contributed by atoms with van der Waals surface area (Å²) >= 11 is 0. The Morgan fingerprint density at radius 3 is 2.36 bits per heavy atom. The van der Waals surface area contributed by atoms with Gasteiger partial charge in [0.15, 0.2) is 0 Å². The molecule has 28 heavy (non-hydrogen) atoms. The molecule has 0 atom stereocenters. The van der Waals surface area contributed by atoms with Gasteiger partial charge in [-0.1, -0.05) is 24.3 Å². The average molecular weight is 378 g/mol. The number of benzene rings is 2. The fourth-order valence-electron chi connectivity index (χ4n) is 3.17. The zero-order valence-electron chi connectivity index (χ0n) is 16.8. The molecule has 0 radical (unpaired) electrons. The van der Waals surface area contributed by atoms with Crippen molar-refractivity contribution in [2.24, 2.45) is 0 Å². The normalized spacial score (nSPS) is 11.0. The number of nitrogens with one attached hydrogen (secondary N) is 2. The van der Waals surface area contributed by atoms with Gasteiger partial charge in [0.05, 0.1) is 19.1 Å². The summed E-state index contributed by atoms with van der Waals surface area (Å²) in [5.41, 5.74) is 5.59. The van der Waals surface area contributed by atoms with E-state index in [1.807, 2.05) is 64.1 Å². The first kappa shape index (κ1) is 19.7. The third-order valence-electron chi connectivity index (χ3n) is 4.74. The first-order chi connectivity index (χ1) is 13.3. The van der Waals surface area contributed by atoms with Gasteiger partial charge in [-0.15, -0.1) is 0 Å². The molecule has 3 aromatic rings. The predicted molar refractivity (Wildman–Crippen MR) is 111 cm³/mol. The van der Waals surface area contributed by atoms with Crippen molar-refractivity contribution in [2.75, 3.05) is 5.32 Å². The number of anilines is 1. The minimum absolute atomic E-state index is 0.0100. The van der Waals surface area contributed by atoms with Crippen LogP contribution in [0.4, 0.5) is 5.69 Å². The Bertz CT molecular complexity index is 1000. The molecule has 0 unspecified atom stereocenters. The first-order valence-electron chi connectivity index (χ1n) is 9.48. The maximum atomic E-state index is 12.4. The molecule has 0 aliphatic heterocycles. The highest BCUT2D eigenvalue weighted by molar-refractivity contribution is 5.96. The number of carbonyl (C=O) groups is 2. The predicted octanol–water partition coefficient (Wildman–Crippen LogP) is 4.30. The fraction of sp³-hybridized carbons (Fsp3) is 0.304. The van der Waals surface area contributed by atoms with Gasteiger partial charge in [0, 0.05) is 22.7 Å². The standard InChI is InChI=1S/C23H26N2O3/c1-14(2)24-21(26)11-17-6-8-19(9-7-17)25-22(27)12-18-13-28-23-16(4)15(3)5-10-20(18)23/h5-10,13-14H,11-12H2,1-4H3,(H,24,26)(H,25,27). The molecule has 5 heteroatoms. The van der Waals surface area contributed by atoms with E-state index in [-0.39, 0.29) is 24.3 Å². The third kappa shape index (κ3) is 4.60. The van der Waals surface area contributed by atoms with E-state index in [0.29, 0.717) is 12.1 Å². The van der Waals surface area contributed by atoms with E-state index in [9.17, 15) is 9.59 Å². The van der Waals surface area contributed by atoms with Crippen LogP contribution in [0.1, 0.15) is 36.1 Å². The van der Waals surface area contributed by atoms with Gasteiger partial charge >= 0.3 is 0 Å². The molecule has 3 rings (SSSR count). The summed E-state index contributed by atoms with van der Waals surface area (Å²) in [4.78, 5) is 24.3. The van der Waals surface area contributed by atoms with Crippen molar-refractivity contribution in [3.63, 3.8) is 0 Å². The van der Waals surface area contributed by atoms with Gasteiger partial charge in [-0.3, -0.25) is 9.59 Å². The van der Waals surface area contributed by atoms with Crippen LogP contribution in [-0.2, 0) is 22.4 Å². The molecule has 0 aliphatic rings. The molecule has 0 saturated carbocycles. The van der Waals surface area contributed by atoms with E-state index in [0.717, 1.165) is 27.7 Å². The average Bonchev–Trinajstić information content (AvgIpc) is 3.02. The highest BCUT2D eigenvalue weighted by atomic mass is 16.3. The maximum absolute atomic E-state index is 12.4. The summed E-state index contributed by atoms with van der Waals surface area (Å²) in [5, 5.41) is 6.75. The summed E-state index contributed by atoms with van der Waals surface area (Å²) in [6, 6.07) is 11.5. The van der Waals surface area contributed by atoms with Crippen molar-refractivity contribution >= 4 is 28.5 Å². The van der Waals surface area contributed by atoms with Crippen LogP contribution in [0.3, 0.4) is 0 Å². The van der Waals surface area contributed by atoms with Crippen LogP contribution in [-0.4, -0.2) is 17.9 Å². The minimum Gasteiger partial charge on any atom is -0.464 e. The molecule has 146 valence electrons. The van der Waals surface area contributed by atoms with Crippen LogP contribution in [0.15, 0.2) is 47.1 Å². The Balaban J connectivity index is 1.62. The van der Waals surface area contributed by atoms with Gasteiger partial charge in [-0.25, -0.2) is 0 Å². The minimum atomic E-state index is -0.105. The molecule has 0 saturated heterocycles. The van der Waals surface area contributed by atoms with E-state index >= 15 is 0 Å². The Morgan fingerprint density at radius 1 is 0.964 bits per heavy atom. The van der Waals surface area contributed by atoms with Gasteiger partial charge in [0.2, 0.25) is 11.8 Å². The summed E-state index contributed by atoms with van der Waals surface area (Å²) < 4.78 is 5.67. The zero-order valence-corrected chi connectivity index (χ0v) is 16.8. The van der Waals surface area contributed by atoms with E-state index in [4.69, 9.17) is 4.42 Å². The topological polar surface area (TPSA) is 71.3 Å². The second-order valence-corrected chi connectivity index (χ2v) is 7.47. The number of furan rings is 1. The number of rotatable bonds is 6. The number of carbonyl (C=O) groups excluding carboxylic acids is 2. The lowest BCUT2D eigenvalue weighted by Gasteiger charge is -2.09. The fourth-order valence-corrected chi connectivity index (χ4v) is 3.17. The number of hydrogen-bond donors (Lipinski definition) is 2. The van der Waals surface area contributed by atoms with E-state index in [2.05, 4.69) is 10.6 Å². The van der Waals surface area contributed by atoms with Crippen molar-refractivity contribution < 1.29 is 14.0 Å². The number of aryl methyl sites for hydroxylation is 2. The van der Waals surface area contributed by atoms with Crippen LogP contribution < -0.4 is 10.6 Å². The van der Waals surface area contributed by atoms with E-state index < -0.39 is 0 Å². The van der Waals surface area contributed by atoms with E-state index in [1.54, 1.807) is 6.26 Å². The molecule has 5 nitrogen and oxygen atoms in total. The lowest BCUT2D eigenvalue weighted by atomic mass is 10.0. The molecule has 2 N–H and O–H groups in total. The number of amides is 2. The number of hydrogen-bond acceptors (Lipinski definition) is 3. The van der Waals surface area contributed by atoms with Gasteiger partial charge in [-0.2, -0.15) is 0 Å². The summed E-state index contributed by atoms with van der Waals surface area (Å²) in [6.07, 6.45) is 2.23. The second kappa shape index (κ2) is 8.30. The molecule has 1 aromatic heterocycles. The Labute approximate surface area is 165 Å². The summed E-state index contributed by atoms with van der Waals surface area (Å²) in [5.74, 6) is -0.115. The van der Waals surface area contributed by atoms with Gasteiger partial charge in [0.25, 0.3) is 0 Å². The molecule has 2 amide bonds. The van der Waals surface area contributed by atoms with Crippen LogP contribution in [0.2, 0.25) is 0 Å². The second-order valence-electron chi connectivity index (χ2n) is 7.47. The number of fused-ring (bicyclic) bond motifs is 1. The summed E-state index contributed by atoms with van der Waals surface area (Å²) in [6.45, 7) is 7.93. The molecule has 0 spiro atoms. The van der Waals surface area contributed by atoms with Crippen molar-refractivity contribution in [1.29, 1.82) is 0 Å². The zero-order chi connectivity index (χ0) is 20.3. The Morgan fingerprint density at radius 2 is 1.68 bits per heavy atom. The highest BCUT2D eigenvalue weighted by Crippen LogP contribution is 2.27. The van der Waals surface area contributed by atoms with Crippen molar-refractivity contribution in [3.8, 4) is 0 Å². The third-order valence-corrected chi connectivity index (χ3v) is 4.74. The molecule has 1 heterocycles. The van der Waals surface area contributed by atoms with Crippen molar-refractivity contribution in [2.45, 2.75) is 46.6 Å². The molecular formula is C23H26N2O3. The molecule has 2 aromatic carbocycles. The Kier molecular flexibility index (Phi) is 5.83. The SMILES string of the molecule is Cc1ccc2c(CC(=O)Nc3ccc(CC(=O)NC(C)C)cc3)coc2c1C.